The molecule has 5 aromatic carbocycles. The van der Waals surface area contributed by atoms with Gasteiger partial charge in [0.1, 0.15) is 49.0 Å². The fraction of sp³-hybridized carbons (Fsp3) is 0.333. The Labute approximate surface area is 409 Å². The third-order valence-electron chi connectivity index (χ3n) is 15.5. The number of aromatic carboxylic acids is 2. The number of hydrogen-bond acceptors (Lipinski definition) is 6. The maximum atomic E-state index is 12.4. The predicted molar refractivity (Wildman–Crippen MR) is 279 cm³/mol. The zero-order valence-electron chi connectivity index (χ0n) is 40.9. The second-order valence-electron chi connectivity index (χ2n) is 19.2. The van der Waals surface area contributed by atoms with Crippen LogP contribution in [0.15, 0.2) is 101 Å². The Hall–Kier alpha value is -7.20. The largest absolute Gasteiger partial charge is 0.478 e. The van der Waals surface area contributed by atoms with E-state index in [9.17, 15) is 19.8 Å². The van der Waals surface area contributed by atoms with Gasteiger partial charge in [-0.15, -0.1) is 0 Å². The van der Waals surface area contributed by atoms with E-state index in [4.69, 9.17) is 9.15 Å². The van der Waals surface area contributed by atoms with Gasteiger partial charge in [0.15, 0.2) is 0 Å². The molecule has 0 unspecified atom stereocenters. The molecule has 0 fully saturated rings. The zero-order valence-corrected chi connectivity index (χ0v) is 40.9. The van der Waals surface area contributed by atoms with E-state index in [1.54, 1.807) is 18.2 Å². The van der Waals surface area contributed by atoms with Crippen LogP contribution in [-0.4, -0.2) is 74.5 Å². The number of hydrogen-bond donors (Lipinski definition) is 2. The van der Waals surface area contributed by atoms with Gasteiger partial charge in [-0.1, -0.05) is 36.4 Å². The van der Waals surface area contributed by atoms with E-state index < -0.39 is 11.9 Å². The molecule has 2 N–H and O–H groups in total. The molecular formula is C60H62N4O6+2. The Kier molecular flexibility index (Phi) is 12.0. The lowest BCUT2D eigenvalue weighted by atomic mass is 9.82. The first-order valence-corrected chi connectivity index (χ1v) is 25.6. The third-order valence-corrected chi connectivity index (χ3v) is 15.5. The highest BCUT2D eigenvalue weighted by Crippen LogP contribution is 2.49. The second-order valence-corrected chi connectivity index (χ2v) is 19.2. The number of rotatable bonds is 9. The van der Waals surface area contributed by atoms with Crippen molar-refractivity contribution in [1.29, 1.82) is 0 Å². The SMILES string of the molecule is CCN(CC)c1ccc2c(-c3ccccc3C(=O)O)c3ccc(=[N+](CC)CC)cc-3oc2c1.O=C(O)c1ccccc1C1=c2cc3c4c(c2Oc2c1cc1c5c2CCCN5CCC1)CCC[N+]=4CCC3. The summed E-state index contributed by atoms with van der Waals surface area (Å²) < 4.78 is 18.3. The zero-order chi connectivity index (χ0) is 48.2. The van der Waals surface area contributed by atoms with Crippen LogP contribution in [0.2, 0.25) is 0 Å². The molecule has 0 aromatic heterocycles. The minimum atomic E-state index is -0.938. The van der Waals surface area contributed by atoms with Gasteiger partial charge in [0, 0.05) is 107 Å². The molecule has 1 aliphatic carbocycles. The first-order valence-electron chi connectivity index (χ1n) is 25.6. The van der Waals surface area contributed by atoms with Crippen LogP contribution >= 0.6 is 0 Å². The molecule has 0 amide bonds. The second kappa shape index (κ2) is 18.6. The third kappa shape index (κ3) is 7.63. The average Bonchev–Trinajstić information content (AvgIpc) is 3.38. The lowest BCUT2D eigenvalue weighted by Crippen LogP contribution is -2.45. The number of benzene rings is 6. The van der Waals surface area contributed by atoms with Crippen molar-refractivity contribution in [2.45, 2.75) is 79.1 Å². The molecular weight excluding hydrogens is 873 g/mol. The first kappa shape index (κ1) is 45.3. The van der Waals surface area contributed by atoms with E-state index in [1.807, 2.05) is 30.3 Å². The smallest absolute Gasteiger partial charge is 0.336 e. The summed E-state index contributed by atoms with van der Waals surface area (Å²) in [5, 5.41) is 24.6. The van der Waals surface area contributed by atoms with E-state index in [1.165, 1.54) is 33.3 Å². The lowest BCUT2D eigenvalue weighted by molar-refractivity contribution is 0.0686. The quantitative estimate of drug-likeness (QED) is 0.109. The van der Waals surface area contributed by atoms with Crippen LogP contribution in [0.4, 0.5) is 11.4 Å². The molecule has 6 aliphatic heterocycles. The molecule has 356 valence electrons. The van der Waals surface area contributed by atoms with Crippen molar-refractivity contribution in [3.05, 3.63) is 158 Å². The van der Waals surface area contributed by atoms with Crippen LogP contribution in [0.25, 0.3) is 39.0 Å². The molecule has 7 aliphatic rings. The monoisotopic (exact) mass is 934 g/mol. The normalized spacial score (nSPS) is 15.2. The number of carboxylic acids is 2. The molecule has 70 heavy (non-hydrogen) atoms. The predicted octanol–water partition coefficient (Wildman–Crippen LogP) is 9.38. The number of carboxylic acid groups (broad SMARTS) is 2. The summed E-state index contributed by atoms with van der Waals surface area (Å²) in [4.78, 5) is 29.3. The van der Waals surface area contributed by atoms with Crippen LogP contribution in [0, 0.1) is 0 Å². The summed E-state index contributed by atoms with van der Waals surface area (Å²) in [5.74, 6) is 0.869. The van der Waals surface area contributed by atoms with Crippen LogP contribution in [-0.2, 0) is 25.7 Å². The lowest BCUT2D eigenvalue weighted by Gasteiger charge is -2.39. The minimum Gasteiger partial charge on any atom is -0.478 e. The number of nitrogens with zero attached hydrogens (tertiary/aromatic N) is 4. The molecule has 6 heterocycles. The molecule has 0 radical (unpaired) electrons. The summed E-state index contributed by atoms with van der Waals surface area (Å²) >= 11 is 0. The van der Waals surface area contributed by atoms with Crippen molar-refractivity contribution in [1.82, 2.24) is 9.15 Å². The molecule has 0 saturated carbocycles. The molecule has 5 aromatic rings. The van der Waals surface area contributed by atoms with Crippen LogP contribution in [0.5, 0.6) is 11.5 Å². The van der Waals surface area contributed by atoms with Crippen molar-refractivity contribution >= 4 is 39.9 Å². The molecule has 0 atom stereocenters. The van der Waals surface area contributed by atoms with Crippen molar-refractivity contribution in [3.8, 4) is 33.9 Å². The maximum Gasteiger partial charge on any atom is 0.336 e. The van der Waals surface area contributed by atoms with Gasteiger partial charge in [-0.3, -0.25) is 0 Å². The van der Waals surface area contributed by atoms with E-state index in [0.29, 0.717) is 11.1 Å². The minimum absolute atomic E-state index is 0.284. The highest BCUT2D eigenvalue weighted by atomic mass is 16.5. The summed E-state index contributed by atoms with van der Waals surface area (Å²) in [7, 11) is 0. The van der Waals surface area contributed by atoms with E-state index in [-0.39, 0.29) is 5.56 Å². The van der Waals surface area contributed by atoms with Crippen molar-refractivity contribution < 1.29 is 29.0 Å². The molecule has 10 nitrogen and oxygen atoms in total. The Morgan fingerprint density at radius 1 is 0.671 bits per heavy atom. The number of ether oxygens (including phenoxy) is 1. The van der Waals surface area contributed by atoms with Gasteiger partial charge < -0.3 is 29.2 Å². The summed E-state index contributed by atoms with van der Waals surface area (Å²) in [6.07, 6.45) is 8.74. The Balaban J connectivity index is 0.000000154. The van der Waals surface area contributed by atoms with Crippen LogP contribution < -0.4 is 39.6 Å². The first-order chi connectivity index (χ1) is 34.2. The topological polar surface area (TPSA) is 109 Å². The van der Waals surface area contributed by atoms with Gasteiger partial charge in [0.05, 0.1) is 22.8 Å². The summed E-state index contributed by atoms with van der Waals surface area (Å²) in [6.45, 7) is 16.6. The van der Waals surface area contributed by atoms with Gasteiger partial charge in [0.25, 0.3) is 0 Å². The fourth-order valence-electron chi connectivity index (χ4n) is 12.3. The van der Waals surface area contributed by atoms with Crippen molar-refractivity contribution in [3.63, 3.8) is 0 Å². The fourth-order valence-corrected chi connectivity index (χ4v) is 12.3. The number of anilines is 2. The number of fused-ring (bicyclic) bond motifs is 6. The van der Waals surface area contributed by atoms with Crippen molar-refractivity contribution in [2.75, 3.05) is 62.2 Å². The van der Waals surface area contributed by atoms with Gasteiger partial charge in [-0.25, -0.2) is 18.7 Å². The Morgan fingerprint density at radius 3 is 2.07 bits per heavy atom. The van der Waals surface area contributed by atoms with E-state index in [0.717, 1.165) is 176 Å². The number of aryl methyl sites for hydroxylation is 2. The average molecular weight is 935 g/mol. The van der Waals surface area contributed by atoms with E-state index in [2.05, 4.69) is 95.2 Å². The standard InChI is InChI=1S/C32H30N2O3.C28H30N2O3/c35-32(36)22-10-2-1-9-21(22)27-25-17-19-7-3-13-33-15-5-11-23(28(19)33)30(25)37-31-24-12-6-16-34-14-4-8-20(29(24)34)18-26(27)31;1-5-29(6-2)19-13-15-23-25(17-19)33-26-18-20(30(7-3)8-4)14-16-24(26)27(23)21-11-9-10-12-22(21)28(31)32/h1-2,9-10,17-18H,3-8,11-16H2;9-18H,5-8H2,1-4H3/p+2. The van der Waals surface area contributed by atoms with Gasteiger partial charge in [0.2, 0.25) is 10.7 Å². The highest BCUT2D eigenvalue weighted by Gasteiger charge is 2.36. The Bertz CT molecular complexity index is 3440. The van der Waals surface area contributed by atoms with Crippen LogP contribution in [0.3, 0.4) is 0 Å². The molecule has 0 saturated heterocycles. The van der Waals surface area contributed by atoms with E-state index >= 15 is 0 Å². The molecule has 0 spiro atoms. The number of carbonyl (C=O) groups is 2. The molecule has 10 heteroatoms. The van der Waals surface area contributed by atoms with Gasteiger partial charge >= 0.3 is 11.9 Å². The molecule has 0 bridgehead atoms. The van der Waals surface area contributed by atoms with Crippen molar-refractivity contribution in [2.24, 2.45) is 0 Å². The Morgan fingerprint density at radius 2 is 1.34 bits per heavy atom. The molecule has 12 rings (SSSR count). The highest BCUT2D eigenvalue weighted by molar-refractivity contribution is 6.08. The maximum absolute atomic E-state index is 12.4. The summed E-state index contributed by atoms with van der Waals surface area (Å²) in [5.41, 5.74) is 14.7. The van der Waals surface area contributed by atoms with Gasteiger partial charge in [-0.2, -0.15) is 0 Å². The van der Waals surface area contributed by atoms with Gasteiger partial charge in [-0.05, 0) is 125 Å². The van der Waals surface area contributed by atoms with Crippen LogP contribution in [0.1, 0.15) is 107 Å². The summed E-state index contributed by atoms with van der Waals surface area (Å²) in [6, 6.07) is 31.8.